The molecule has 1 aliphatic carbocycles. The average Bonchev–Trinajstić information content (AvgIpc) is 2.70. The third kappa shape index (κ3) is 3.34. The summed E-state index contributed by atoms with van der Waals surface area (Å²) in [5, 5.41) is 3.19. The van der Waals surface area contributed by atoms with E-state index in [1.54, 1.807) is 6.07 Å². The Labute approximate surface area is 108 Å². The zero-order valence-corrected chi connectivity index (χ0v) is 11.6. The minimum atomic E-state index is -3.48. The minimum Gasteiger partial charge on any atom is -0.447 e. The zero-order chi connectivity index (χ0) is 13.2. The van der Waals surface area contributed by atoms with Crippen LogP contribution in [0.4, 0.5) is 0 Å². The van der Waals surface area contributed by atoms with Gasteiger partial charge in [-0.25, -0.2) is 13.1 Å². The van der Waals surface area contributed by atoms with E-state index >= 15 is 0 Å². The van der Waals surface area contributed by atoms with Crippen LogP contribution in [0.15, 0.2) is 21.6 Å². The Morgan fingerprint density at radius 1 is 1.39 bits per heavy atom. The molecule has 1 aromatic heterocycles. The van der Waals surface area contributed by atoms with Crippen LogP contribution in [0.1, 0.15) is 38.9 Å². The Morgan fingerprint density at radius 2 is 2.11 bits per heavy atom. The molecule has 0 aromatic carbocycles. The molecule has 0 bridgehead atoms. The highest BCUT2D eigenvalue weighted by atomic mass is 32.2. The molecule has 0 saturated heterocycles. The van der Waals surface area contributed by atoms with Gasteiger partial charge in [0, 0.05) is 12.1 Å². The van der Waals surface area contributed by atoms with Gasteiger partial charge in [0.2, 0.25) is 5.09 Å². The predicted octanol–water partition coefficient (Wildman–Crippen LogP) is 1.61. The van der Waals surface area contributed by atoms with Crippen LogP contribution in [-0.4, -0.2) is 20.5 Å². The van der Waals surface area contributed by atoms with Crippen molar-refractivity contribution in [3.63, 3.8) is 0 Å². The number of hydrogen-bond donors (Lipinski definition) is 2. The summed E-state index contributed by atoms with van der Waals surface area (Å²) in [5.41, 5.74) is 0. The normalized spacial score (nSPS) is 17.1. The van der Waals surface area contributed by atoms with Gasteiger partial charge in [-0.3, -0.25) is 0 Å². The van der Waals surface area contributed by atoms with Crippen molar-refractivity contribution in [2.24, 2.45) is 0 Å². The molecule has 1 aliphatic rings. The first kappa shape index (κ1) is 13.6. The van der Waals surface area contributed by atoms with Crippen molar-refractivity contribution in [3.05, 3.63) is 17.9 Å². The Hall–Kier alpha value is -0.850. The summed E-state index contributed by atoms with van der Waals surface area (Å²) in [5.74, 6) is 0.637. The van der Waals surface area contributed by atoms with Crippen molar-refractivity contribution >= 4 is 10.0 Å². The lowest BCUT2D eigenvalue weighted by Crippen LogP contribution is -2.39. The summed E-state index contributed by atoms with van der Waals surface area (Å²) < 4.78 is 31.9. The molecule has 102 valence electrons. The summed E-state index contributed by atoms with van der Waals surface area (Å²) in [4.78, 5) is 0. The van der Waals surface area contributed by atoms with Crippen LogP contribution >= 0.6 is 0 Å². The number of rotatable bonds is 6. The Bertz CT molecular complexity index is 489. The molecule has 1 heterocycles. The molecule has 18 heavy (non-hydrogen) atoms. The van der Waals surface area contributed by atoms with E-state index in [1.807, 2.05) is 13.8 Å². The molecule has 0 unspecified atom stereocenters. The average molecular weight is 272 g/mol. The van der Waals surface area contributed by atoms with Crippen LogP contribution in [0.3, 0.4) is 0 Å². The molecule has 0 radical (unpaired) electrons. The van der Waals surface area contributed by atoms with E-state index in [2.05, 4.69) is 10.0 Å². The lowest BCUT2D eigenvalue weighted by atomic mass is 9.94. The highest BCUT2D eigenvalue weighted by Gasteiger charge is 2.26. The van der Waals surface area contributed by atoms with Gasteiger partial charge in [-0.2, -0.15) is 0 Å². The molecule has 5 nitrogen and oxygen atoms in total. The van der Waals surface area contributed by atoms with E-state index in [4.69, 9.17) is 4.42 Å². The van der Waals surface area contributed by atoms with Crippen LogP contribution in [0.2, 0.25) is 0 Å². The second kappa shape index (κ2) is 5.42. The first-order chi connectivity index (χ1) is 8.47. The molecule has 0 atom stereocenters. The lowest BCUT2D eigenvalue weighted by molar-refractivity contribution is 0.365. The summed E-state index contributed by atoms with van der Waals surface area (Å²) in [6.07, 6.45) is 2.93. The Kier molecular flexibility index (Phi) is 4.09. The fraction of sp³-hybridized carbons (Fsp3) is 0.667. The van der Waals surface area contributed by atoms with Crippen LogP contribution in [0, 0.1) is 0 Å². The molecule has 1 fully saturated rings. The van der Waals surface area contributed by atoms with Crippen molar-refractivity contribution in [3.8, 4) is 0 Å². The monoisotopic (exact) mass is 272 g/mol. The molecule has 0 spiro atoms. The highest BCUT2D eigenvalue weighted by Crippen LogP contribution is 2.22. The molecule has 2 N–H and O–H groups in total. The summed E-state index contributed by atoms with van der Waals surface area (Å²) >= 11 is 0. The topological polar surface area (TPSA) is 71.3 Å². The van der Waals surface area contributed by atoms with Gasteiger partial charge in [-0.1, -0.05) is 20.3 Å². The minimum absolute atomic E-state index is 0.00922. The van der Waals surface area contributed by atoms with Gasteiger partial charge in [0.15, 0.2) is 0 Å². The maximum Gasteiger partial charge on any atom is 0.274 e. The van der Waals surface area contributed by atoms with Gasteiger partial charge in [0.05, 0.1) is 6.54 Å². The first-order valence-electron chi connectivity index (χ1n) is 6.32. The summed E-state index contributed by atoms with van der Waals surface area (Å²) in [6.45, 7) is 4.59. The van der Waals surface area contributed by atoms with Gasteiger partial charge in [-0.05, 0) is 25.0 Å². The van der Waals surface area contributed by atoms with E-state index in [9.17, 15) is 8.42 Å². The van der Waals surface area contributed by atoms with Gasteiger partial charge in [-0.15, -0.1) is 0 Å². The molecule has 2 rings (SSSR count). The fourth-order valence-corrected chi connectivity index (χ4v) is 2.96. The van der Waals surface area contributed by atoms with E-state index < -0.39 is 10.0 Å². The van der Waals surface area contributed by atoms with E-state index in [0.717, 1.165) is 19.3 Å². The Morgan fingerprint density at radius 3 is 2.67 bits per heavy atom. The number of sulfonamides is 1. The number of hydrogen-bond acceptors (Lipinski definition) is 4. The van der Waals surface area contributed by atoms with Crippen molar-refractivity contribution in [2.45, 2.75) is 56.8 Å². The molecular formula is C12H20N2O3S. The molecule has 6 heteroatoms. The van der Waals surface area contributed by atoms with Crippen LogP contribution in [0.5, 0.6) is 0 Å². The van der Waals surface area contributed by atoms with Gasteiger partial charge in [0.1, 0.15) is 5.76 Å². The number of nitrogens with one attached hydrogen (secondary N) is 2. The second-order valence-corrected chi connectivity index (χ2v) is 6.65. The maximum absolute atomic E-state index is 12.0. The Balaban J connectivity index is 1.99. The van der Waals surface area contributed by atoms with Gasteiger partial charge >= 0.3 is 0 Å². The quantitative estimate of drug-likeness (QED) is 0.825. The summed E-state index contributed by atoms with van der Waals surface area (Å²) in [7, 11) is -3.48. The second-order valence-electron chi connectivity index (χ2n) is 5.01. The maximum atomic E-state index is 12.0. The van der Waals surface area contributed by atoms with Crippen molar-refractivity contribution in [2.75, 3.05) is 0 Å². The third-order valence-corrected chi connectivity index (χ3v) is 4.41. The largest absolute Gasteiger partial charge is 0.447 e. The lowest BCUT2D eigenvalue weighted by Gasteiger charge is -2.25. The predicted molar refractivity (Wildman–Crippen MR) is 68.6 cm³/mol. The van der Waals surface area contributed by atoms with E-state index in [-0.39, 0.29) is 11.1 Å². The zero-order valence-electron chi connectivity index (χ0n) is 10.8. The SMILES string of the molecule is CC(C)NCc1ccc(S(=O)(=O)NC2CCC2)o1. The van der Waals surface area contributed by atoms with Gasteiger partial charge in [0.25, 0.3) is 10.0 Å². The molecule has 1 aromatic rings. The van der Waals surface area contributed by atoms with Crippen LogP contribution in [-0.2, 0) is 16.6 Å². The molecular weight excluding hydrogens is 252 g/mol. The standard InChI is InChI=1S/C12H20N2O3S/c1-9(2)13-8-11-6-7-12(17-11)18(15,16)14-10-4-3-5-10/h6-7,9-10,13-14H,3-5,8H2,1-2H3. The molecule has 0 aliphatic heterocycles. The van der Waals surface area contributed by atoms with Crippen molar-refractivity contribution in [1.82, 2.24) is 10.0 Å². The highest BCUT2D eigenvalue weighted by molar-refractivity contribution is 7.89. The van der Waals surface area contributed by atoms with Crippen molar-refractivity contribution in [1.29, 1.82) is 0 Å². The first-order valence-corrected chi connectivity index (χ1v) is 7.80. The van der Waals surface area contributed by atoms with E-state index in [1.165, 1.54) is 6.07 Å². The fourth-order valence-electron chi connectivity index (χ4n) is 1.71. The van der Waals surface area contributed by atoms with Crippen LogP contribution < -0.4 is 10.0 Å². The smallest absolute Gasteiger partial charge is 0.274 e. The molecule has 0 amide bonds. The molecule has 1 saturated carbocycles. The van der Waals surface area contributed by atoms with Gasteiger partial charge < -0.3 is 9.73 Å². The van der Waals surface area contributed by atoms with Crippen LogP contribution in [0.25, 0.3) is 0 Å². The van der Waals surface area contributed by atoms with Crippen molar-refractivity contribution < 1.29 is 12.8 Å². The third-order valence-electron chi connectivity index (χ3n) is 3.01. The summed E-state index contributed by atoms with van der Waals surface area (Å²) in [6, 6.07) is 3.63. The number of furan rings is 1. The van der Waals surface area contributed by atoms with E-state index in [0.29, 0.717) is 18.3 Å².